The summed E-state index contributed by atoms with van der Waals surface area (Å²) in [6.45, 7) is 4.21. The lowest BCUT2D eigenvalue weighted by atomic mass is 9.84. The van der Waals surface area contributed by atoms with Crippen molar-refractivity contribution in [3.63, 3.8) is 0 Å². The van der Waals surface area contributed by atoms with Crippen molar-refractivity contribution in [2.75, 3.05) is 7.11 Å². The Morgan fingerprint density at radius 2 is 2.13 bits per heavy atom. The molecule has 0 saturated carbocycles. The van der Waals surface area contributed by atoms with Crippen LogP contribution in [-0.2, 0) is 6.42 Å². The number of methoxy groups -OCH3 is 1. The van der Waals surface area contributed by atoms with Gasteiger partial charge in [-0.15, -0.1) is 0 Å². The molecule has 0 fully saturated rings. The average molecular weight is 205 g/mol. The molecule has 0 radical (unpaired) electrons. The van der Waals surface area contributed by atoms with Crippen molar-refractivity contribution in [1.82, 2.24) is 0 Å². The van der Waals surface area contributed by atoms with Gasteiger partial charge in [0.2, 0.25) is 0 Å². The number of benzene rings is 1. The third-order valence-corrected chi connectivity index (χ3v) is 3.35. The number of nitrogens with two attached hydrogens (primary N) is 1. The fourth-order valence-corrected chi connectivity index (χ4v) is 2.58. The van der Waals surface area contributed by atoms with Crippen molar-refractivity contribution in [2.45, 2.75) is 38.1 Å². The van der Waals surface area contributed by atoms with Crippen LogP contribution in [0.25, 0.3) is 0 Å². The maximum atomic E-state index is 6.21. The van der Waals surface area contributed by atoms with Crippen LogP contribution in [0, 0.1) is 0 Å². The molecular weight excluding hydrogens is 186 g/mol. The lowest BCUT2D eigenvalue weighted by Crippen LogP contribution is -2.38. The van der Waals surface area contributed by atoms with Gasteiger partial charge in [-0.2, -0.15) is 0 Å². The van der Waals surface area contributed by atoms with Gasteiger partial charge in [-0.1, -0.05) is 12.1 Å². The molecule has 0 bridgehead atoms. The Bertz CT molecular complexity index is 365. The summed E-state index contributed by atoms with van der Waals surface area (Å²) in [6.07, 6.45) is 2.23. The largest absolute Gasteiger partial charge is 0.496 e. The molecule has 0 heterocycles. The van der Waals surface area contributed by atoms with Gasteiger partial charge in [0.25, 0.3) is 0 Å². The first-order valence-electron chi connectivity index (χ1n) is 5.48. The summed E-state index contributed by atoms with van der Waals surface area (Å²) in [7, 11) is 1.73. The molecule has 1 aromatic rings. The minimum Gasteiger partial charge on any atom is -0.496 e. The van der Waals surface area contributed by atoms with Crippen LogP contribution in [0.5, 0.6) is 5.75 Å². The predicted octanol–water partition coefficient (Wildman–Crippen LogP) is 2.46. The van der Waals surface area contributed by atoms with E-state index in [0.717, 1.165) is 18.6 Å². The van der Waals surface area contributed by atoms with Crippen LogP contribution in [-0.4, -0.2) is 12.6 Å². The molecule has 0 aliphatic heterocycles. The van der Waals surface area contributed by atoms with Crippen LogP contribution in [0.1, 0.15) is 37.3 Å². The molecular formula is C13H19NO. The Labute approximate surface area is 91.4 Å². The van der Waals surface area contributed by atoms with Crippen LogP contribution in [0.3, 0.4) is 0 Å². The summed E-state index contributed by atoms with van der Waals surface area (Å²) in [6, 6.07) is 6.27. The molecule has 0 spiro atoms. The van der Waals surface area contributed by atoms with Gasteiger partial charge in [0.1, 0.15) is 5.75 Å². The molecule has 1 aromatic carbocycles. The van der Waals surface area contributed by atoms with E-state index in [1.807, 2.05) is 6.07 Å². The smallest absolute Gasteiger partial charge is 0.122 e. The molecule has 82 valence electrons. The number of hydrogen-bond acceptors (Lipinski definition) is 2. The number of fused-ring (bicyclic) bond motifs is 1. The van der Waals surface area contributed by atoms with Gasteiger partial charge in [-0.3, -0.25) is 0 Å². The first-order valence-corrected chi connectivity index (χ1v) is 5.48. The zero-order chi connectivity index (χ0) is 11.1. The van der Waals surface area contributed by atoms with E-state index in [9.17, 15) is 0 Å². The van der Waals surface area contributed by atoms with E-state index in [2.05, 4.69) is 26.0 Å². The Kier molecular flexibility index (Phi) is 2.47. The average Bonchev–Trinajstić information content (AvgIpc) is 2.59. The first kappa shape index (κ1) is 10.5. The van der Waals surface area contributed by atoms with Crippen molar-refractivity contribution in [3.05, 3.63) is 29.3 Å². The molecule has 1 atom stereocenters. The second kappa shape index (κ2) is 3.53. The summed E-state index contributed by atoms with van der Waals surface area (Å²) in [5.74, 6) is 1.47. The Morgan fingerprint density at radius 1 is 1.40 bits per heavy atom. The van der Waals surface area contributed by atoms with Crippen LogP contribution in [0.15, 0.2) is 18.2 Å². The third-order valence-electron chi connectivity index (χ3n) is 3.35. The van der Waals surface area contributed by atoms with E-state index in [1.54, 1.807) is 7.11 Å². The minimum absolute atomic E-state index is 0.141. The van der Waals surface area contributed by atoms with E-state index in [-0.39, 0.29) is 5.54 Å². The lowest BCUT2D eigenvalue weighted by Gasteiger charge is -2.27. The molecule has 1 unspecified atom stereocenters. The van der Waals surface area contributed by atoms with Gasteiger partial charge in [0.05, 0.1) is 7.11 Å². The lowest BCUT2D eigenvalue weighted by molar-refractivity contribution is 0.409. The molecule has 2 nitrogen and oxygen atoms in total. The molecule has 1 aliphatic rings. The van der Waals surface area contributed by atoms with Gasteiger partial charge in [0.15, 0.2) is 0 Å². The highest BCUT2D eigenvalue weighted by Gasteiger charge is 2.33. The van der Waals surface area contributed by atoms with E-state index in [1.165, 1.54) is 11.1 Å². The third kappa shape index (κ3) is 1.74. The van der Waals surface area contributed by atoms with Crippen LogP contribution >= 0.6 is 0 Å². The molecule has 2 rings (SSSR count). The number of ether oxygens (including phenoxy) is 1. The maximum absolute atomic E-state index is 6.21. The maximum Gasteiger partial charge on any atom is 0.122 e. The van der Waals surface area contributed by atoms with Crippen molar-refractivity contribution in [2.24, 2.45) is 5.73 Å². The highest BCUT2D eigenvalue weighted by Crippen LogP contribution is 2.42. The van der Waals surface area contributed by atoms with E-state index in [0.29, 0.717) is 5.92 Å². The minimum atomic E-state index is -0.141. The van der Waals surface area contributed by atoms with Crippen LogP contribution in [0.2, 0.25) is 0 Å². The van der Waals surface area contributed by atoms with Crippen LogP contribution in [0.4, 0.5) is 0 Å². The van der Waals surface area contributed by atoms with Gasteiger partial charge in [-0.25, -0.2) is 0 Å². The van der Waals surface area contributed by atoms with Crippen LogP contribution < -0.4 is 10.5 Å². The summed E-state index contributed by atoms with van der Waals surface area (Å²) < 4.78 is 5.38. The zero-order valence-corrected chi connectivity index (χ0v) is 9.71. The van der Waals surface area contributed by atoms with Crippen molar-refractivity contribution in [1.29, 1.82) is 0 Å². The van der Waals surface area contributed by atoms with Crippen molar-refractivity contribution >= 4 is 0 Å². The molecule has 0 amide bonds. The SMILES string of the molecule is COc1cccc2c1CCC2C(C)(C)N. The van der Waals surface area contributed by atoms with Gasteiger partial charge < -0.3 is 10.5 Å². The van der Waals surface area contributed by atoms with E-state index < -0.39 is 0 Å². The molecule has 2 N–H and O–H groups in total. The second-order valence-corrected chi connectivity index (χ2v) is 4.94. The van der Waals surface area contributed by atoms with Gasteiger partial charge >= 0.3 is 0 Å². The van der Waals surface area contributed by atoms with Gasteiger partial charge in [-0.05, 0) is 43.9 Å². The summed E-state index contributed by atoms with van der Waals surface area (Å²) >= 11 is 0. The second-order valence-electron chi connectivity index (χ2n) is 4.94. The van der Waals surface area contributed by atoms with Crippen molar-refractivity contribution in [3.8, 4) is 5.75 Å². The highest BCUT2D eigenvalue weighted by molar-refractivity contribution is 5.46. The molecule has 15 heavy (non-hydrogen) atoms. The van der Waals surface area contributed by atoms with Gasteiger partial charge in [0, 0.05) is 11.5 Å². The Morgan fingerprint density at radius 3 is 2.73 bits per heavy atom. The quantitative estimate of drug-likeness (QED) is 0.805. The fourth-order valence-electron chi connectivity index (χ4n) is 2.58. The molecule has 2 heteroatoms. The molecule has 0 saturated heterocycles. The van der Waals surface area contributed by atoms with Crippen molar-refractivity contribution < 1.29 is 4.74 Å². The molecule has 1 aliphatic carbocycles. The monoisotopic (exact) mass is 205 g/mol. The Hall–Kier alpha value is -1.02. The first-order chi connectivity index (χ1) is 7.04. The topological polar surface area (TPSA) is 35.2 Å². The van der Waals surface area contributed by atoms with E-state index in [4.69, 9.17) is 10.5 Å². The summed E-state index contributed by atoms with van der Waals surface area (Å²) in [5, 5.41) is 0. The molecule has 0 aromatic heterocycles. The Balaban J connectivity index is 2.44. The fraction of sp³-hybridized carbons (Fsp3) is 0.538. The summed E-state index contributed by atoms with van der Waals surface area (Å²) in [5.41, 5.74) is 8.79. The number of hydrogen-bond donors (Lipinski definition) is 1. The number of rotatable bonds is 2. The summed E-state index contributed by atoms with van der Waals surface area (Å²) in [4.78, 5) is 0. The predicted molar refractivity (Wildman–Crippen MR) is 62.3 cm³/mol. The highest BCUT2D eigenvalue weighted by atomic mass is 16.5. The van der Waals surface area contributed by atoms with E-state index >= 15 is 0 Å². The standard InChI is InChI=1S/C13H19NO/c1-13(2,14)11-8-7-10-9(11)5-4-6-12(10)15-3/h4-6,11H,7-8,14H2,1-3H3. The zero-order valence-electron chi connectivity index (χ0n) is 9.71. The normalized spacial score (nSPS) is 20.1.